The number of hydrogen-bond donors (Lipinski definition) is 2. The maximum absolute atomic E-state index is 11.1. The van der Waals surface area contributed by atoms with Crippen LogP contribution in [-0.2, 0) is 5.60 Å². The molecule has 0 spiro atoms. The molecule has 0 bridgehead atoms. The maximum Gasteiger partial charge on any atom is 0.131 e. The van der Waals surface area contributed by atoms with Gasteiger partial charge in [-0.3, -0.25) is 0 Å². The van der Waals surface area contributed by atoms with Crippen molar-refractivity contribution in [2.75, 3.05) is 0 Å². The van der Waals surface area contributed by atoms with E-state index in [2.05, 4.69) is 6.07 Å². The molecule has 3 rings (SSSR count). The van der Waals surface area contributed by atoms with E-state index in [1.54, 1.807) is 12.1 Å². The summed E-state index contributed by atoms with van der Waals surface area (Å²) >= 11 is 5.92. The molecule has 0 aromatic heterocycles. The van der Waals surface area contributed by atoms with E-state index in [9.17, 15) is 10.4 Å². The highest BCUT2D eigenvalue weighted by Gasteiger charge is 2.45. The van der Waals surface area contributed by atoms with Gasteiger partial charge in [0.1, 0.15) is 5.60 Å². The van der Waals surface area contributed by atoms with E-state index in [0.717, 1.165) is 5.56 Å². The van der Waals surface area contributed by atoms with Crippen molar-refractivity contribution in [1.82, 2.24) is 0 Å². The summed E-state index contributed by atoms with van der Waals surface area (Å²) in [5.41, 5.74) is 7.12. The minimum Gasteiger partial charge on any atom is -0.399 e. The molecule has 0 fully saturated rings. The molecule has 0 radical (unpaired) electrons. The van der Waals surface area contributed by atoms with Crippen LogP contribution in [0.15, 0.2) is 65.9 Å². The van der Waals surface area contributed by atoms with Gasteiger partial charge in [0.15, 0.2) is 0 Å². The Kier molecular flexibility index (Phi) is 3.66. The van der Waals surface area contributed by atoms with Crippen LogP contribution in [0.1, 0.15) is 23.5 Å². The van der Waals surface area contributed by atoms with E-state index < -0.39 is 5.60 Å². The minimum atomic E-state index is -1.31. The molecule has 2 aromatic carbocycles. The molecule has 0 aliphatic heterocycles. The standard InChI is InChI=1S/C18H15ClN2O/c19-14-8-6-12(7-9-14)15-10-18(22,17(21)16(15)11-20)13-4-2-1-3-5-13/h1-9,15,22H,10,21H2/t15-,18-/m1/s1. The normalized spacial score (nSPS) is 24.3. The summed E-state index contributed by atoms with van der Waals surface area (Å²) in [5, 5.41) is 21.2. The highest BCUT2D eigenvalue weighted by atomic mass is 35.5. The Labute approximate surface area is 134 Å². The molecule has 110 valence electrons. The van der Waals surface area contributed by atoms with Gasteiger partial charge >= 0.3 is 0 Å². The van der Waals surface area contributed by atoms with Crippen molar-refractivity contribution in [2.24, 2.45) is 5.73 Å². The molecular weight excluding hydrogens is 296 g/mol. The Morgan fingerprint density at radius 2 is 1.77 bits per heavy atom. The van der Waals surface area contributed by atoms with Gasteiger partial charge in [0, 0.05) is 10.9 Å². The monoisotopic (exact) mass is 310 g/mol. The first kappa shape index (κ1) is 14.6. The summed E-state index contributed by atoms with van der Waals surface area (Å²) in [6, 6.07) is 18.7. The van der Waals surface area contributed by atoms with Gasteiger partial charge in [-0.2, -0.15) is 5.26 Å². The lowest BCUT2D eigenvalue weighted by atomic mass is 9.86. The van der Waals surface area contributed by atoms with Crippen LogP contribution in [0.4, 0.5) is 0 Å². The molecule has 0 amide bonds. The third-order valence-corrected chi connectivity index (χ3v) is 4.48. The Morgan fingerprint density at radius 1 is 1.14 bits per heavy atom. The van der Waals surface area contributed by atoms with Gasteiger partial charge in [0.05, 0.1) is 17.3 Å². The summed E-state index contributed by atoms with van der Waals surface area (Å²) in [7, 11) is 0. The molecule has 2 atom stereocenters. The van der Waals surface area contributed by atoms with Crippen molar-refractivity contribution < 1.29 is 5.11 Å². The van der Waals surface area contributed by atoms with E-state index in [1.807, 2.05) is 42.5 Å². The number of hydrogen-bond acceptors (Lipinski definition) is 3. The van der Waals surface area contributed by atoms with Crippen molar-refractivity contribution in [3.63, 3.8) is 0 Å². The van der Waals surface area contributed by atoms with Gasteiger partial charge in [0.2, 0.25) is 0 Å². The number of rotatable bonds is 2. The second-order valence-corrected chi connectivity index (χ2v) is 5.91. The largest absolute Gasteiger partial charge is 0.399 e. The Morgan fingerprint density at radius 3 is 2.36 bits per heavy atom. The van der Waals surface area contributed by atoms with Crippen molar-refractivity contribution in [1.29, 1.82) is 5.26 Å². The first-order valence-electron chi connectivity index (χ1n) is 7.00. The van der Waals surface area contributed by atoms with E-state index in [1.165, 1.54) is 0 Å². The van der Waals surface area contributed by atoms with Crippen molar-refractivity contribution in [2.45, 2.75) is 17.9 Å². The van der Waals surface area contributed by atoms with Crippen LogP contribution in [0.5, 0.6) is 0 Å². The number of halogens is 1. The highest BCUT2D eigenvalue weighted by molar-refractivity contribution is 6.30. The molecule has 0 saturated heterocycles. The molecule has 0 saturated carbocycles. The van der Waals surface area contributed by atoms with E-state index in [-0.39, 0.29) is 11.6 Å². The SMILES string of the molecule is N#CC1=C(N)[C@](O)(c2ccccc2)C[C@@H]1c1ccc(Cl)cc1. The van der Waals surface area contributed by atoms with Gasteiger partial charge in [-0.15, -0.1) is 0 Å². The number of aliphatic hydroxyl groups is 1. The van der Waals surface area contributed by atoms with E-state index in [4.69, 9.17) is 17.3 Å². The van der Waals surface area contributed by atoms with Crippen LogP contribution in [0.2, 0.25) is 5.02 Å². The number of nitriles is 1. The first-order valence-corrected chi connectivity index (χ1v) is 7.37. The van der Waals surface area contributed by atoms with Crippen molar-refractivity contribution in [3.05, 3.63) is 82.0 Å². The molecule has 4 heteroatoms. The van der Waals surface area contributed by atoms with Crippen LogP contribution >= 0.6 is 11.6 Å². The van der Waals surface area contributed by atoms with Crippen LogP contribution in [0.3, 0.4) is 0 Å². The summed E-state index contributed by atoms with van der Waals surface area (Å²) in [6.07, 6.45) is 0.355. The predicted octanol–water partition coefficient (Wildman–Crippen LogP) is 3.45. The predicted molar refractivity (Wildman–Crippen MR) is 86.0 cm³/mol. The molecule has 2 aromatic rings. The van der Waals surface area contributed by atoms with Crippen LogP contribution < -0.4 is 5.73 Å². The quantitative estimate of drug-likeness (QED) is 0.892. The summed E-state index contributed by atoms with van der Waals surface area (Å²) in [5.74, 6) is -0.229. The second-order valence-electron chi connectivity index (χ2n) is 5.47. The van der Waals surface area contributed by atoms with Gasteiger partial charge in [-0.25, -0.2) is 0 Å². The number of benzene rings is 2. The van der Waals surface area contributed by atoms with Gasteiger partial charge < -0.3 is 10.8 Å². The molecule has 0 unspecified atom stereocenters. The second kappa shape index (κ2) is 5.49. The molecule has 3 N–H and O–H groups in total. The average Bonchev–Trinajstić information content (AvgIpc) is 2.81. The lowest BCUT2D eigenvalue weighted by molar-refractivity contribution is 0.0724. The smallest absolute Gasteiger partial charge is 0.131 e. The Bertz CT molecular complexity index is 762. The third kappa shape index (κ3) is 2.27. The third-order valence-electron chi connectivity index (χ3n) is 4.23. The fourth-order valence-corrected chi connectivity index (χ4v) is 3.15. The average molecular weight is 311 g/mol. The zero-order valence-electron chi connectivity index (χ0n) is 11.8. The maximum atomic E-state index is 11.1. The minimum absolute atomic E-state index is 0.229. The van der Waals surface area contributed by atoms with Crippen LogP contribution in [0.25, 0.3) is 0 Å². The zero-order chi connectivity index (χ0) is 15.7. The first-order chi connectivity index (χ1) is 10.6. The summed E-state index contributed by atoms with van der Waals surface area (Å²) in [6.45, 7) is 0. The zero-order valence-corrected chi connectivity index (χ0v) is 12.6. The van der Waals surface area contributed by atoms with E-state index >= 15 is 0 Å². The van der Waals surface area contributed by atoms with Gasteiger partial charge in [-0.1, -0.05) is 54.1 Å². The highest BCUT2D eigenvalue weighted by Crippen LogP contribution is 2.48. The fraction of sp³-hybridized carbons (Fsp3) is 0.167. The molecular formula is C18H15ClN2O. The van der Waals surface area contributed by atoms with Crippen LogP contribution in [-0.4, -0.2) is 5.11 Å². The molecule has 1 aliphatic rings. The number of nitrogens with zero attached hydrogens (tertiary/aromatic N) is 1. The van der Waals surface area contributed by atoms with Gasteiger partial charge in [0.25, 0.3) is 0 Å². The Balaban J connectivity index is 2.07. The molecule has 0 heterocycles. The molecule has 1 aliphatic carbocycles. The Hall–Kier alpha value is -2.28. The van der Waals surface area contributed by atoms with Crippen molar-refractivity contribution >= 4 is 11.6 Å². The summed E-state index contributed by atoms with van der Waals surface area (Å²) in [4.78, 5) is 0. The van der Waals surface area contributed by atoms with Gasteiger partial charge in [-0.05, 0) is 29.7 Å². The fourth-order valence-electron chi connectivity index (χ4n) is 3.02. The van der Waals surface area contributed by atoms with Crippen LogP contribution in [0, 0.1) is 11.3 Å². The summed E-state index contributed by atoms with van der Waals surface area (Å²) < 4.78 is 0. The molecule has 22 heavy (non-hydrogen) atoms. The number of allylic oxidation sites excluding steroid dienone is 1. The topological polar surface area (TPSA) is 70.0 Å². The van der Waals surface area contributed by atoms with E-state index in [0.29, 0.717) is 22.6 Å². The lowest BCUT2D eigenvalue weighted by Gasteiger charge is -2.25. The lowest BCUT2D eigenvalue weighted by Crippen LogP contribution is -2.29. The number of nitrogens with two attached hydrogens (primary N) is 1. The molecule has 3 nitrogen and oxygen atoms in total. The van der Waals surface area contributed by atoms with Crippen molar-refractivity contribution in [3.8, 4) is 6.07 Å².